The third-order valence-electron chi connectivity index (χ3n) is 2.72. The Morgan fingerprint density at radius 2 is 2.24 bits per heavy atom. The molecule has 1 radical (unpaired) electrons. The number of nitrogens with zero attached hydrogens (tertiary/aromatic N) is 1. The molecule has 0 bridgehead atoms. The van der Waals surface area contributed by atoms with Crippen LogP contribution >= 0.6 is 11.6 Å². The predicted molar refractivity (Wildman–Crippen MR) is 68.0 cm³/mol. The lowest BCUT2D eigenvalue weighted by Crippen LogP contribution is -1.81. The van der Waals surface area contributed by atoms with E-state index in [4.69, 9.17) is 16.0 Å². The second-order valence-corrected chi connectivity index (χ2v) is 4.26. The average molecular weight is 243 g/mol. The molecule has 0 aliphatic rings. The number of hydrogen-bond donors (Lipinski definition) is 0. The SMILES string of the molecule is Cc1c(-c2[c]cccn2)oc2ccc(Cl)cc12. The highest BCUT2D eigenvalue weighted by Crippen LogP contribution is 2.32. The number of aryl methyl sites for hydroxylation is 1. The zero-order valence-electron chi connectivity index (χ0n) is 9.20. The molecule has 0 amide bonds. The molecule has 0 atom stereocenters. The summed E-state index contributed by atoms with van der Waals surface area (Å²) in [6.07, 6.45) is 1.73. The Bertz CT molecular complexity index is 673. The standard InChI is InChI=1S/C14H9ClNO/c1-9-11-8-10(15)5-6-13(11)17-14(9)12-4-2-3-7-16-12/h2-3,5-8H,1H3. The molecule has 3 heteroatoms. The highest BCUT2D eigenvalue weighted by atomic mass is 35.5. The molecule has 0 fully saturated rings. The van der Waals surface area contributed by atoms with Gasteiger partial charge in [0.25, 0.3) is 0 Å². The van der Waals surface area contributed by atoms with Crippen LogP contribution in [0.15, 0.2) is 40.9 Å². The molecule has 0 aliphatic carbocycles. The van der Waals surface area contributed by atoms with Gasteiger partial charge in [0.1, 0.15) is 11.3 Å². The van der Waals surface area contributed by atoms with Crippen LogP contribution < -0.4 is 0 Å². The van der Waals surface area contributed by atoms with E-state index in [9.17, 15) is 0 Å². The Labute approximate surface area is 104 Å². The molecular weight excluding hydrogens is 234 g/mol. The Hall–Kier alpha value is -1.80. The van der Waals surface area contributed by atoms with Gasteiger partial charge in [-0.2, -0.15) is 0 Å². The number of pyridine rings is 1. The predicted octanol–water partition coefficient (Wildman–Crippen LogP) is 4.26. The van der Waals surface area contributed by atoms with Crippen LogP contribution in [0.25, 0.3) is 22.4 Å². The van der Waals surface area contributed by atoms with Gasteiger partial charge in [0, 0.05) is 28.2 Å². The third-order valence-corrected chi connectivity index (χ3v) is 2.95. The summed E-state index contributed by atoms with van der Waals surface area (Å²) in [4.78, 5) is 4.25. The first-order chi connectivity index (χ1) is 8.25. The summed E-state index contributed by atoms with van der Waals surface area (Å²) in [5.41, 5.74) is 2.58. The van der Waals surface area contributed by atoms with E-state index < -0.39 is 0 Å². The summed E-state index contributed by atoms with van der Waals surface area (Å²) in [7, 11) is 0. The van der Waals surface area contributed by atoms with Crippen molar-refractivity contribution in [1.29, 1.82) is 0 Å². The number of aromatic nitrogens is 1. The van der Waals surface area contributed by atoms with Gasteiger partial charge in [0.15, 0.2) is 5.76 Å². The lowest BCUT2D eigenvalue weighted by Gasteiger charge is -1.95. The van der Waals surface area contributed by atoms with Crippen molar-refractivity contribution in [2.24, 2.45) is 0 Å². The molecule has 2 nitrogen and oxygen atoms in total. The lowest BCUT2D eigenvalue weighted by molar-refractivity contribution is 0.626. The second kappa shape index (κ2) is 3.90. The van der Waals surface area contributed by atoms with E-state index >= 15 is 0 Å². The Morgan fingerprint density at radius 3 is 3.00 bits per heavy atom. The summed E-state index contributed by atoms with van der Waals surface area (Å²) in [6, 6.07) is 12.3. The highest BCUT2D eigenvalue weighted by Gasteiger charge is 2.13. The van der Waals surface area contributed by atoms with Crippen molar-refractivity contribution in [3.8, 4) is 11.5 Å². The number of benzene rings is 1. The van der Waals surface area contributed by atoms with Crippen LogP contribution in [-0.2, 0) is 0 Å². The van der Waals surface area contributed by atoms with Crippen molar-refractivity contribution < 1.29 is 4.42 Å². The third kappa shape index (κ3) is 1.71. The highest BCUT2D eigenvalue weighted by molar-refractivity contribution is 6.31. The van der Waals surface area contributed by atoms with Crippen LogP contribution in [0.2, 0.25) is 5.02 Å². The molecule has 83 valence electrons. The molecule has 2 aromatic heterocycles. The number of rotatable bonds is 1. The molecule has 3 aromatic rings. The van der Waals surface area contributed by atoms with E-state index in [2.05, 4.69) is 11.1 Å². The van der Waals surface area contributed by atoms with Gasteiger partial charge in [-0.05, 0) is 31.2 Å². The molecule has 0 saturated carbocycles. The van der Waals surface area contributed by atoms with E-state index in [1.165, 1.54) is 0 Å². The summed E-state index contributed by atoms with van der Waals surface area (Å²) in [5, 5.41) is 1.73. The van der Waals surface area contributed by atoms with Crippen molar-refractivity contribution >= 4 is 22.6 Å². The molecular formula is C14H9ClNO. The Kier molecular flexibility index (Phi) is 2.37. The summed E-state index contributed by atoms with van der Waals surface area (Å²) >= 11 is 5.98. The topological polar surface area (TPSA) is 26.0 Å². The van der Waals surface area contributed by atoms with Crippen molar-refractivity contribution in [3.63, 3.8) is 0 Å². The van der Waals surface area contributed by atoms with Gasteiger partial charge in [-0.25, -0.2) is 0 Å². The van der Waals surface area contributed by atoms with Crippen molar-refractivity contribution in [1.82, 2.24) is 4.98 Å². The fourth-order valence-corrected chi connectivity index (χ4v) is 2.04. The lowest BCUT2D eigenvalue weighted by atomic mass is 10.1. The fraction of sp³-hybridized carbons (Fsp3) is 0.0714. The largest absolute Gasteiger partial charge is 0.454 e. The van der Waals surface area contributed by atoms with Crippen LogP contribution in [0.4, 0.5) is 0 Å². The van der Waals surface area contributed by atoms with E-state index in [0.29, 0.717) is 5.02 Å². The average Bonchev–Trinajstić information content (AvgIpc) is 2.68. The van der Waals surface area contributed by atoms with Crippen LogP contribution in [0, 0.1) is 13.0 Å². The van der Waals surface area contributed by atoms with Crippen LogP contribution in [0.1, 0.15) is 5.56 Å². The van der Waals surface area contributed by atoms with Crippen LogP contribution in [-0.4, -0.2) is 4.98 Å². The van der Waals surface area contributed by atoms with Crippen molar-refractivity contribution in [3.05, 3.63) is 53.2 Å². The van der Waals surface area contributed by atoms with Gasteiger partial charge in [0.2, 0.25) is 0 Å². The van der Waals surface area contributed by atoms with Gasteiger partial charge < -0.3 is 4.42 Å². The van der Waals surface area contributed by atoms with Gasteiger partial charge in [-0.15, -0.1) is 0 Å². The quantitative estimate of drug-likeness (QED) is 0.637. The molecule has 0 saturated heterocycles. The van der Waals surface area contributed by atoms with E-state index in [0.717, 1.165) is 28.0 Å². The maximum absolute atomic E-state index is 5.98. The zero-order valence-corrected chi connectivity index (χ0v) is 9.95. The summed E-state index contributed by atoms with van der Waals surface area (Å²) in [5.74, 6) is 0.753. The maximum Gasteiger partial charge on any atom is 0.157 e. The number of hydrogen-bond acceptors (Lipinski definition) is 2. The molecule has 0 N–H and O–H groups in total. The molecule has 0 unspecified atom stereocenters. The molecule has 0 aliphatic heterocycles. The number of fused-ring (bicyclic) bond motifs is 1. The van der Waals surface area contributed by atoms with E-state index in [1.54, 1.807) is 6.20 Å². The van der Waals surface area contributed by atoms with Gasteiger partial charge >= 0.3 is 0 Å². The minimum Gasteiger partial charge on any atom is -0.454 e. The first kappa shape index (κ1) is 10.4. The molecule has 1 aromatic carbocycles. The van der Waals surface area contributed by atoms with Crippen LogP contribution in [0.3, 0.4) is 0 Å². The minimum absolute atomic E-state index is 0.706. The normalized spacial score (nSPS) is 10.9. The molecule has 17 heavy (non-hydrogen) atoms. The fourth-order valence-electron chi connectivity index (χ4n) is 1.87. The zero-order chi connectivity index (χ0) is 11.8. The Morgan fingerprint density at radius 1 is 1.35 bits per heavy atom. The first-order valence-electron chi connectivity index (χ1n) is 5.27. The van der Waals surface area contributed by atoms with Crippen molar-refractivity contribution in [2.75, 3.05) is 0 Å². The van der Waals surface area contributed by atoms with Gasteiger partial charge in [-0.1, -0.05) is 17.7 Å². The number of halogens is 1. The van der Waals surface area contributed by atoms with Gasteiger partial charge in [-0.3, -0.25) is 4.98 Å². The number of furan rings is 1. The Balaban J connectivity index is 2.28. The smallest absolute Gasteiger partial charge is 0.157 e. The summed E-state index contributed by atoms with van der Waals surface area (Å²) in [6.45, 7) is 2.00. The van der Waals surface area contributed by atoms with Crippen LogP contribution in [0.5, 0.6) is 0 Å². The van der Waals surface area contributed by atoms with Gasteiger partial charge in [0.05, 0.1) is 0 Å². The molecule has 3 rings (SSSR count). The molecule has 0 spiro atoms. The molecule has 2 heterocycles. The minimum atomic E-state index is 0.706. The summed E-state index contributed by atoms with van der Waals surface area (Å²) < 4.78 is 5.79. The van der Waals surface area contributed by atoms with E-state index in [-0.39, 0.29) is 0 Å². The first-order valence-corrected chi connectivity index (χ1v) is 5.65. The van der Waals surface area contributed by atoms with Crippen molar-refractivity contribution in [2.45, 2.75) is 6.92 Å². The monoisotopic (exact) mass is 242 g/mol. The maximum atomic E-state index is 5.98. The van der Waals surface area contributed by atoms with E-state index in [1.807, 2.05) is 37.3 Å². The second-order valence-electron chi connectivity index (χ2n) is 3.83.